The molecule has 38 heavy (non-hydrogen) atoms. The van der Waals surface area contributed by atoms with Crippen LogP contribution in [0, 0.1) is 34.5 Å². The number of hydrogen-bond donors (Lipinski definition) is 1. The molecule has 0 radical (unpaired) electrons. The number of amides is 2. The smallest absolute Gasteiger partial charge is 0.255 e. The number of hydrogen-bond acceptors (Lipinski definition) is 3. The van der Waals surface area contributed by atoms with Crippen molar-refractivity contribution in [2.45, 2.75) is 77.9 Å². The molecule has 2 aromatic rings. The van der Waals surface area contributed by atoms with Crippen LogP contribution < -0.4 is 10.1 Å². The number of likely N-dealkylation sites (tertiary alicyclic amines) is 1. The van der Waals surface area contributed by atoms with Gasteiger partial charge in [-0.2, -0.15) is 0 Å². The number of piperidine rings is 1. The van der Waals surface area contributed by atoms with Crippen molar-refractivity contribution >= 4 is 17.5 Å². The Hall–Kier alpha value is -2.82. The fourth-order valence-corrected chi connectivity index (χ4v) is 9.18. The third-order valence-electron chi connectivity index (χ3n) is 11.2. The first-order chi connectivity index (χ1) is 18.2. The third-order valence-corrected chi connectivity index (χ3v) is 11.2. The average molecular weight is 515 g/mol. The molecule has 4 fully saturated rings. The lowest BCUT2D eigenvalue weighted by Gasteiger charge is -2.64. The number of rotatable bonds is 4. The van der Waals surface area contributed by atoms with Crippen molar-refractivity contribution < 1.29 is 14.3 Å². The van der Waals surface area contributed by atoms with Crippen LogP contribution in [0.5, 0.6) is 5.75 Å². The van der Waals surface area contributed by atoms with E-state index in [9.17, 15) is 9.59 Å². The van der Waals surface area contributed by atoms with E-state index in [2.05, 4.69) is 31.0 Å². The zero-order chi connectivity index (χ0) is 26.7. The lowest BCUT2D eigenvalue weighted by atomic mass is 9.44. The van der Waals surface area contributed by atoms with Crippen LogP contribution in [-0.2, 0) is 4.79 Å². The van der Waals surface area contributed by atoms with Crippen LogP contribution >= 0.6 is 0 Å². The van der Waals surface area contributed by atoms with Gasteiger partial charge in [0, 0.05) is 29.8 Å². The first kappa shape index (κ1) is 25.5. The number of fused-ring (bicyclic) bond motifs is 5. The number of ether oxygens (including phenoxy) is 1. The van der Waals surface area contributed by atoms with E-state index in [1.54, 1.807) is 12.1 Å². The summed E-state index contributed by atoms with van der Waals surface area (Å²) >= 11 is 0. The molecule has 1 aliphatic heterocycles. The van der Waals surface area contributed by atoms with Crippen molar-refractivity contribution in [3.05, 3.63) is 60.2 Å². The van der Waals surface area contributed by atoms with E-state index >= 15 is 0 Å². The van der Waals surface area contributed by atoms with E-state index in [1.165, 1.54) is 32.1 Å². The molecule has 1 N–H and O–H groups in total. The summed E-state index contributed by atoms with van der Waals surface area (Å²) in [6.45, 7) is 7.43. The number of anilines is 1. The predicted octanol–water partition coefficient (Wildman–Crippen LogP) is 6.80. The Morgan fingerprint density at radius 1 is 1.00 bits per heavy atom. The molecule has 5 heteroatoms. The van der Waals surface area contributed by atoms with Gasteiger partial charge >= 0.3 is 0 Å². The first-order valence-corrected chi connectivity index (χ1v) is 14.6. The van der Waals surface area contributed by atoms with Gasteiger partial charge in [0.2, 0.25) is 5.91 Å². The minimum Gasteiger partial charge on any atom is -0.489 e. The monoisotopic (exact) mass is 514 g/mol. The van der Waals surface area contributed by atoms with Gasteiger partial charge in [-0.05, 0) is 97.6 Å². The molecule has 1 heterocycles. The van der Waals surface area contributed by atoms with Crippen molar-refractivity contribution in [3.63, 3.8) is 0 Å². The van der Waals surface area contributed by atoms with Crippen LogP contribution in [0.3, 0.4) is 0 Å². The lowest BCUT2D eigenvalue weighted by Crippen LogP contribution is -2.68. The number of carbonyl (C=O) groups excluding carboxylic acids is 2. The van der Waals surface area contributed by atoms with Gasteiger partial charge in [-0.3, -0.25) is 9.59 Å². The van der Waals surface area contributed by atoms with Gasteiger partial charge in [-0.25, -0.2) is 0 Å². The summed E-state index contributed by atoms with van der Waals surface area (Å²) < 4.78 is 6.75. The molecule has 8 atom stereocenters. The maximum Gasteiger partial charge on any atom is 0.255 e. The summed E-state index contributed by atoms with van der Waals surface area (Å²) in [6.07, 6.45) is 7.98. The Morgan fingerprint density at radius 3 is 2.47 bits per heavy atom. The molecule has 2 amide bonds. The highest BCUT2D eigenvalue weighted by molar-refractivity contribution is 6.04. The van der Waals surface area contributed by atoms with E-state index in [0.717, 1.165) is 23.8 Å². The Balaban J connectivity index is 1.25. The SMILES string of the molecule is CC1CC2N(C)C(=O)CC(Oc3ccc(NC(=O)c4ccccc4)cc3)[C@]2(C)[C@@H]2CC[C@]3(C)CCC[C@H]3[C@H]12. The summed E-state index contributed by atoms with van der Waals surface area (Å²) in [6, 6.07) is 17.1. The molecule has 6 rings (SSSR count). The standard InChI is InChI=1S/C33H42N2O3/c1-21-19-27-33(3,26-16-18-32(2)17-8-11-25(32)30(21)26)28(20-29(36)35(27)4)38-24-14-12-23(13-15-24)34-31(37)22-9-6-5-7-10-22/h5-7,9-10,12-15,21,25-28,30H,8,11,16-20H2,1-4H3,(H,34,37)/t21?,25-,26+,27?,28?,30-,32-,33+/m0/s1. The van der Waals surface area contributed by atoms with Crippen LogP contribution in [0.1, 0.15) is 76.1 Å². The van der Waals surface area contributed by atoms with Crippen molar-refractivity contribution in [1.82, 2.24) is 4.90 Å². The molecule has 3 aliphatic carbocycles. The number of nitrogens with one attached hydrogen (secondary N) is 1. The molecule has 2 aromatic carbocycles. The minimum absolute atomic E-state index is 0.0794. The van der Waals surface area contributed by atoms with Gasteiger partial charge in [-0.15, -0.1) is 0 Å². The summed E-state index contributed by atoms with van der Waals surface area (Å²) in [5.74, 6) is 3.53. The molecule has 4 aliphatic rings. The average Bonchev–Trinajstić information content (AvgIpc) is 3.32. The second-order valence-corrected chi connectivity index (χ2v) is 13.1. The van der Waals surface area contributed by atoms with Gasteiger partial charge in [0.15, 0.2) is 0 Å². The fourth-order valence-electron chi connectivity index (χ4n) is 9.18. The second kappa shape index (κ2) is 9.43. The molecule has 3 saturated carbocycles. The quantitative estimate of drug-likeness (QED) is 0.488. The van der Waals surface area contributed by atoms with Crippen LogP contribution in [0.15, 0.2) is 54.6 Å². The van der Waals surface area contributed by atoms with Crippen molar-refractivity contribution in [3.8, 4) is 5.75 Å². The Morgan fingerprint density at radius 2 is 1.74 bits per heavy atom. The highest BCUT2D eigenvalue weighted by atomic mass is 16.5. The summed E-state index contributed by atoms with van der Waals surface area (Å²) in [7, 11) is 2.02. The normalized spacial score (nSPS) is 38.1. The maximum absolute atomic E-state index is 13.2. The Bertz CT molecular complexity index is 1200. The van der Waals surface area contributed by atoms with Gasteiger partial charge in [0.25, 0.3) is 5.91 Å². The summed E-state index contributed by atoms with van der Waals surface area (Å²) in [4.78, 5) is 27.8. The minimum atomic E-state index is -0.147. The highest BCUT2D eigenvalue weighted by Gasteiger charge is 2.64. The Kier molecular flexibility index (Phi) is 6.32. The van der Waals surface area contributed by atoms with Gasteiger partial charge in [-0.1, -0.05) is 45.4 Å². The molecule has 1 saturated heterocycles. The van der Waals surface area contributed by atoms with Crippen molar-refractivity contribution in [2.24, 2.45) is 34.5 Å². The first-order valence-electron chi connectivity index (χ1n) is 14.6. The maximum atomic E-state index is 13.2. The Labute approximate surface area is 227 Å². The van der Waals surface area contributed by atoms with Crippen LogP contribution in [0.4, 0.5) is 5.69 Å². The number of carbonyl (C=O) groups is 2. The van der Waals surface area contributed by atoms with Gasteiger partial charge in [0.05, 0.1) is 6.42 Å². The molecule has 3 unspecified atom stereocenters. The van der Waals surface area contributed by atoms with Crippen LogP contribution in [0.25, 0.3) is 0 Å². The number of nitrogens with zero attached hydrogens (tertiary/aromatic N) is 1. The number of benzene rings is 2. The largest absolute Gasteiger partial charge is 0.489 e. The molecule has 0 spiro atoms. The predicted molar refractivity (Wildman–Crippen MR) is 150 cm³/mol. The van der Waals surface area contributed by atoms with Crippen molar-refractivity contribution in [1.29, 1.82) is 0 Å². The van der Waals surface area contributed by atoms with Gasteiger partial charge in [0.1, 0.15) is 11.9 Å². The summed E-state index contributed by atoms with van der Waals surface area (Å²) in [5.41, 5.74) is 1.77. The van der Waals surface area contributed by atoms with Crippen LogP contribution in [-0.4, -0.2) is 35.9 Å². The zero-order valence-corrected chi connectivity index (χ0v) is 23.3. The van der Waals surface area contributed by atoms with Gasteiger partial charge < -0.3 is 15.0 Å². The second-order valence-electron chi connectivity index (χ2n) is 13.1. The van der Waals surface area contributed by atoms with Crippen molar-refractivity contribution in [2.75, 3.05) is 12.4 Å². The lowest BCUT2D eigenvalue weighted by molar-refractivity contribution is -0.189. The molecular formula is C33H42N2O3. The van der Waals surface area contributed by atoms with E-state index in [4.69, 9.17) is 4.74 Å². The third kappa shape index (κ3) is 4.04. The molecular weight excluding hydrogens is 472 g/mol. The molecule has 0 bridgehead atoms. The van der Waals surface area contributed by atoms with E-state index in [-0.39, 0.29) is 29.4 Å². The topological polar surface area (TPSA) is 58.6 Å². The molecule has 0 aromatic heterocycles. The fraction of sp³-hybridized carbons (Fsp3) is 0.576. The van der Waals surface area contributed by atoms with E-state index in [0.29, 0.717) is 35.2 Å². The van der Waals surface area contributed by atoms with Crippen LogP contribution in [0.2, 0.25) is 0 Å². The van der Waals surface area contributed by atoms with E-state index in [1.807, 2.05) is 49.5 Å². The van der Waals surface area contributed by atoms with E-state index < -0.39 is 0 Å². The molecule has 202 valence electrons. The highest BCUT2D eigenvalue weighted by Crippen LogP contribution is 2.66. The zero-order valence-electron chi connectivity index (χ0n) is 23.3. The molecule has 5 nitrogen and oxygen atoms in total. The summed E-state index contributed by atoms with van der Waals surface area (Å²) in [5, 5.41) is 2.97.